The molecule has 0 aromatic heterocycles. The predicted octanol–water partition coefficient (Wildman–Crippen LogP) is 2.00. The smallest absolute Gasteiger partial charge is 0.327 e. The third kappa shape index (κ3) is 6.73. The lowest BCUT2D eigenvalue weighted by atomic mass is 10.2. The SMILES string of the molecule is CC(N)CN(CCC(F)(F)F)CC1CC1. The highest BCUT2D eigenvalue weighted by Gasteiger charge is 2.30. The van der Waals surface area contributed by atoms with Gasteiger partial charge in [-0.1, -0.05) is 0 Å². The fourth-order valence-electron chi connectivity index (χ4n) is 1.61. The van der Waals surface area contributed by atoms with Crippen molar-refractivity contribution in [3.63, 3.8) is 0 Å². The van der Waals surface area contributed by atoms with Crippen LogP contribution in [0.1, 0.15) is 26.2 Å². The molecule has 0 amide bonds. The van der Waals surface area contributed by atoms with E-state index in [2.05, 4.69) is 0 Å². The monoisotopic (exact) mass is 224 g/mol. The van der Waals surface area contributed by atoms with Crippen LogP contribution < -0.4 is 5.73 Å². The summed E-state index contributed by atoms with van der Waals surface area (Å²) < 4.78 is 36.1. The molecule has 1 saturated carbocycles. The summed E-state index contributed by atoms with van der Waals surface area (Å²) in [4.78, 5) is 1.84. The zero-order valence-corrected chi connectivity index (χ0v) is 9.06. The van der Waals surface area contributed by atoms with E-state index in [4.69, 9.17) is 5.73 Å². The quantitative estimate of drug-likeness (QED) is 0.747. The van der Waals surface area contributed by atoms with Gasteiger partial charge in [-0.15, -0.1) is 0 Å². The van der Waals surface area contributed by atoms with Gasteiger partial charge in [0.1, 0.15) is 0 Å². The molecule has 0 saturated heterocycles. The highest BCUT2D eigenvalue weighted by Crippen LogP contribution is 2.30. The van der Waals surface area contributed by atoms with Crippen molar-refractivity contribution in [1.29, 1.82) is 0 Å². The number of hydrogen-bond acceptors (Lipinski definition) is 2. The first-order valence-electron chi connectivity index (χ1n) is 5.41. The van der Waals surface area contributed by atoms with Crippen LogP contribution in [-0.4, -0.2) is 36.8 Å². The fraction of sp³-hybridized carbons (Fsp3) is 1.00. The molecule has 1 aliphatic rings. The Hall–Kier alpha value is -0.290. The van der Waals surface area contributed by atoms with Crippen LogP contribution in [0.15, 0.2) is 0 Å². The van der Waals surface area contributed by atoms with E-state index in [-0.39, 0.29) is 12.6 Å². The van der Waals surface area contributed by atoms with Gasteiger partial charge in [0.2, 0.25) is 0 Å². The minimum Gasteiger partial charge on any atom is -0.327 e. The zero-order chi connectivity index (χ0) is 11.5. The Kier molecular flexibility index (Phi) is 4.40. The second-order valence-corrected chi connectivity index (χ2v) is 4.55. The summed E-state index contributed by atoms with van der Waals surface area (Å²) in [6.07, 6.45) is -2.48. The van der Waals surface area contributed by atoms with E-state index < -0.39 is 12.6 Å². The number of hydrogen-bond donors (Lipinski definition) is 1. The van der Waals surface area contributed by atoms with Gasteiger partial charge in [-0.3, -0.25) is 0 Å². The van der Waals surface area contributed by atoms with E-state index in [9.17, 15) is 13.2 Å². The van der Waals surface area contributed by atoms with Crippen LogP contribution in [0.3, 0.4) is 0 Å². The molecule has 1 aliphatic carbocycles. The molecule has 0 aromatic carbocycles. The Morgan fingerprint density at radius 1 is 1.40 bits per heavy atom. The summed E-state index contributed by atoms with van der Waals surface area (Å²) >= 11 is 0. The molecule has 0 aromatic rings. The van der Waals surface area contributed by atoms with Crippen LogP contribution in [0, 0.1) is 5.92 Å². The minimum absolute atomic E-state index is 0.0583. The molecule has 0 radical (unpaired) electrons. The number of nitrogens with zero attached hydrogens (tertiary/aromatic N) is 1. The maximum absolute atomic E-state index is 12.0. The third-order valence-corrected chi connectivity index (χ3v) is 2.47. The first-order valence-corrected chi connectivity index (χ1v) is 5.41. The van der Waals surface area contributed by atoms with Crippen LogP contribution in [0.25, 0.3) is 0 Å². The third-order valence-electron chi connectivity index (χ3n) is 2.47. The molecule has 0 heterocycles. The molecule has 90 valence electrons. The second-order valence-electron chi connectivity index (χ2n) is 4.55. The van der Waals surface area contributed by atoms with E-state index >= 15 is 0 Å². The molecule has 2 N–H and O–H groups in total. The van der Waals surface area contributed by atoms with Gasteiger partial charge in [-0.25, -0.2) is 0 Å². The molecule has 1 fully saturated rings. The highest BCUT2D eigenvalue weighted by atomic mass is 19.4. The lowest BCUT2D eigenvalue weighted by Gasteiger charge is -2.24. The van der Waals surface area contributed by atoms with Crippen molar-refractivity contribution in [2.45, 2.75) is 38.4 Å². The van der Waals surface area contributed by atoms with Gasteiger partial charge in [-0.2, -0.15) is 13.2 Å². The summed E-state index contributed by atoms with van der Waals surface area (Å²) in [5, 5.41) is 0. The van der Waals surface area contributed by atoms with Crippen LogP contribution in [0.5, 0.6) is 0 Å². The van der Waals surface area contributed by atoms with Gasteiger partial charge in [0.05, 0.1) is 6.42 Å². The average molecular weight is 224 g/mol. The molecule has 1 unspecified atom stereocenters. The van der Waals surface area contributed by atoms with E-state index in [1.165, 1.54) is 0 Å². The molecule has 0 spiro atoms. The summed E-state index contributed by atoms with van der Waals surface area (Å²) in [7, 11) is 0. The summed E-state index contributed by atoms with van der Waals surface area (Å²) in [6, 6.07) is -0.0583. The second kappa shape index (κ2) is 5.16. The Morgan fingerprint density at radius 3 is 2.40 bits per heavy atom. The van der Waals surface area contributed by atoms with Crippen molar-refractivity contribution in [3.8, 4) is 0 Å². The van der Waals surface area contributed by atoms with Crippen molar-refractivity contribution >= 4 is 0 Å². The van der Waals surface area contributed by atoms with Gasteiger partial charge in [0, 0.05) is 25.7 Å². The number of nitrogens with two attached hydrogens (primary N) is 1. The summed E-state index contributed by atoms with van der Waals surface area (Å²) in [6.45, 7) is 3.25. The fourth-order valence-corrected chi connectivity index (χ4v) is 1.61. The molecule has 15 heavy (non-hydrogen) atoms. The molecule has 2 nitrogen and oxygen atoms in total. The zero-order valence-electron chi connectivity index (χ0n) is 9.06. The maximum Gasteiger partial charge on any atom is 0.390 e. The predicted molar refractivity (Wildman–Crippen MR) is 53.5 cm³/mol. The lowest BCUT2D eigenvalue weighted by molar-refractivity contribution is -0.138. The van der Waals surface area contributed by atoms with Crippen LogP contribution >= 0.6 is 0 Å². The van der Waals surface area contributed by atoms with E-state index in [0.29, 0.717) is 12.5 Å². The Balaban J connectivity index is 2.27. The molecular formula is C10H19F3N2. The van der Waals surface area contributed by atoms with Crippen molar-refractivity contribution in [2.75, 3.05) is 19.6 Å². The van der Waals surface area contributed by atoms with Crippen LogP contribution in [0.2, 0.25) is 0 Å². The van der Waals surface area contributed by atoms with E-state index in [1.807, 2.05) is 11.8 Å². The van der Waals surface area contributed by atoms with E-state index in [1.54, 1.807) is 0 Å². The number of halogens is 3. The standard InChI is InChI=1S/C10H19F3N2/c1-8(14)6-15(7-9-2-3-9)5-4-10(11,12)13/h8-9H,2-7,14H2,1H3. The largest absolute Gasteiger partial charge is 0.390 e. The van der Waals surface area contributed by atoms with Gasteiger partial charge in [0.15, 0.2) is 0 Å². The lowest BCUT2D eigenvalue weighted by Crippen LogP contribution is -2.38. The molecule has 0 aliphatic heterocycles. The topological polar surface area (TPSA) is 29.3 Å². The van der Waals surface area contributed by atoms with Crippen LogP contribution in [-0.2, 0) is 0 Å². The van der Waals surface area contributed by atoms with Gasteiger partial charge in [-0.05, 0) is 25.7 Å². The van der Waals surface area contributed by atoms with Gasteiger partial charge >= 0.3 is 6.18 Å². The molecule has 1 atom stereocenters. The van der Waals surface area contributed by atoms with Gasteiger partial charge in [0.25, 0.3) is 0 Å². The first kappa shape index (κ1) is 12.8. The molecule has 0 bridgehead atoms. The number of rotatable bonds is 6. The Bertz CT molecular complexity index is 184. The van der Waals surface area contributed by atoms with Crippen molar-refractivity contribution in [2.24, 2.45) is 11.7 Å². The number of alkyl halides is 3. The molecular weight excluding hydrogens is 205 g/mol. The Labute approximate surface area is 88.6 Å². The minimum atomic E-state index is -4.06. The molecule has 1 rings (SSSR count). The van der Waals surface area contributed by atoms with Gasteiger partial charge < -0.3 is 10.6 Å². The van der Waals surface area contributed by atoms with E-state index in [0.717, 1.165) is 19.4 Å². The van der Waals surface area contributed by atoms with Crippen molar-refractivity contribution in [3.05, 3.63) is 0 Å². The Morgan fingerprint density at radius 2 is 2.00 bits per heavy atom. The normalized spacial score (nSPS) is 19.6. The average Bonchev–Trinajstić information content (AvgIpc) is 2.81. The summed E-state index contributed by atoms with van der Waals surface area (Å²) in [5.41, 5.74) is 5.61. The first-order chi connectivity index (χ1) is 6.87. The maximum atomic E-state index is 12.0. The summed E-state index contributed by atoms with van der Waals surface area (Å²) in [5.74, 6) is 0.608. The van der Waals surface area contributed by atoms with Crippen molar-refractivity contribution in [1.82, 2.24) is 4.90 Å². The van der Waals surface area contributed by atoms with Crippen molar-refractivity contribution < 1.29 is 13.2 Å². The molecule has 5 heteroatoms. The highest BCUT2D eigenvalue weighted by molar-refractivity contribution is 4.78. The van der Waals surface area contributed by atoms with Crippen LogP contribution in [0.4, 0.5) is 13.2 Å².